The lowest BCUT2D eigenvalue weighted by Gasteiger charge is -2.26. The number of hydrogen-bond acceptors (Lipinski definition) is 3. The fourth-order valence-corrected chi connectivity index (χ4v) is 1.79. The van der Waals surface area contributed by atoms with Crippen molar-refractivity contribution in [1.29, 1.82) is 0 Å². The van der Waals surface area contributed by atoms with Crippen LogP contribution in [0.3, 0.4) is 0 Å². The van der Waals surface area contributed by atoms with E-state index in [1.807, 2.05) is 0 Å². The van der Waals surface area contributed by atoms with Gasteiger partial charge in [-0.2, -0.15) is 0 Å². The Morgan fingerprint density at radius 1 is 1.39 bits per heavy atom. The number of amides is 3. The van der Waals surface area contributed by atoms with Gasteiger partial charge in [0, 0.05) is 25.9 Å². The molecule has 6 nitrogen and oxygen atoms in total. The largest absolute Gasteiger partial charge is 0.354 e. The van der Waals surface area contributed by atoms with Gasteiger partial charge in [0.25, 0.3) is 0 Å². The van der Waals surface area contributed by atoms with Gasteiger partial charge in [-0.25, -0.2) is 0 Å². The Labute approximate surface area is 107 Å². The van der Waals surface area contributed by atoms with E-state index in [1.165, 1.54) is 4.90 Å². The summed E-state index contributed by atoms with van der Waals surface area (Å²) in [5.74, 6) is -0.519. The van der Waals surface area contributed by atoms with Gasteiger partial charge < -0.3 is 15.5 Å². The zero-order valence-corrected chi connectivity index (χ0v) is 11.3. The molecule has 102 valence electrons. The van der Waals surface area contributed by atoms with Gasteiger partial charge in [0.2, 0.25) is 17.7 Å². The fraction of sp³-hybridized carbons (Fsp3) is 0.750. The number of rotatable bonds is 4. The molecule has 0 aliphatic carbocycles. The number of carbonyl (C=O) groups is 3. The third-order valence-corrected chi connectivity index (χ3v) is 3.10. The highest BCUT2D eigenvalue weighted by Crippen LogP contribution is 2.09. The van der Waals surface area contributed by atoms with Crippen LogP contribution in [0.15, 0.2) is 0 Å². The molecule has 6 heteroatoms. The molecule has 18 heavy (non-hydrogen) atoms. The minimum atomic E-state index is -0.569. The van der Waals surface area contributed by atoms with E-state index >= 15 is 0 Å². The summed E-state index contributed by atoms with van der Waals surface area (Å²) in [6.07, 6.45) is 0.326. The number of nitrogens with one attached hydrogen (secondary N) is 2. The van der Waals surface area contributed by atoms with Crippen molar-refractivity contribution < 1.29 is 14.4 Å². The first kappa shape index (κ1) is 14.5. The smallest absolute Gasteiger partial charge is 0.244 e. The Balaban J connectivity index is 2.52. The lowest BCUT2D eigenvalue weighted by Crippen LogP contribution is -2.50. The van der Waals surface area contributed by atoms with Crippen LogP contribution in [0.25, 0.3) is 0 Å². The molecule has 1 aliphatic heterocycles. The first-order valence-corrected chi connectivity index (χ1v) is 6.16. The average Bonchev–Trinajstić information content (AvgIpc) is 2.73. The quantitative estimate of drug-likeness (QED) is 0.710. The third kappa shape index (κ3) is 3.45. The van der Waals surface area contributed by atoms with E-state index in [0.717, 1.165) is 0 Å². The maximum absolute atomic E-state index is 12.1. The van der Waals surface area contributed by atoms with Crippen molar-refractivity contribution in [3.05, 3.63) is 0 Å². The SMILES string of the molecule is CC(C)C(=O)NC(C)C(=O)N(C)C1CNC(=O)C1. The van der Waals surface area contributed by atoms with Crippen LogP contribution in [0.5, 0.6) is 0 Å². The van der Waals surface area contributed by atoms with Crippen molar-refractivity contribution in [3.8, 4) is 0 Å². The Bertz CT molecular complexity index is 354. The Kier molecular flexibility index (Phi) is 4.69. The van der Waals surface area contributed by atoms with E-state index < -0.39 is 6.04 Å². The van der Waals surface area contributed by atoms with Gasteiger partial charge >= 0.3 is 0 Å². The fourth-order valence-electron chi connectivity index (χ4n) is 1.79. The molecule has 1 saturated heterocycles. The number of likely N-dealkylation sites (N-methyl/N-ethyl adjacent to an activating group) is 1. The summed E-state index contributed by atoms with van der Waals surface area (Å²) < 4.78 is 0. The van der Waals surface area contributed by atoms with Crippen LogP contribution in [-0.2, 0) is 14.4 Å². The lowest BCUT2D eigenvalue weighted by molar-refractivity contribution is -0.137. The standard InChI is InChI=1S/C12H21N3O3/c1-7(2)11(17)14-8(3)12(18)15(4)9-5-10(16)13-6-9/h7-9H,5-6H2,1-4H3,(H,13,16)(H,14,17). The Morgan fingerprint density at radius 3 is 2.44 bits per heavy atom. The molecular weight excluding hydrogens is 234 g/mol. The van der Waals surface area contributed by atoms with Crippen LogP contribution in [0.1, 0.15) is 27.2 Å². The second kappa shape index (κ2) is 5.84. The van der Waals surface area contributed by atoms with Crippen molar-refractivity contribution in [1.82, 2.24) is 15.5 Å². The first-order valence-electron chi connectivity index (χ1n) is 6.16. The second-order valence-corrected chi connectivity index (χ2v) is 5.00. The minimum Gasteiger partial charge on any atom is -0.354 e. The van der Waals surface area contributed by atoms with Gasteiger partial charge in [0.05, 0.1) is 6.04 Å². The number of carbonyl (C=O) groups excluding carboxylic acids is 3. The van der Waals surface area contributed by atoms with E-state index in [0.29, 0.717) is 13.0 Å². The molecule has 0 saturated carbocycles. The molecule has 1 aliphatic rings. The molecule has 3 amide bonds. The molecule has 0 aromatic carbocycles. The summed E-state index contributed by atoms with van der Waals surface area (Å²) in [5.41, 5.74) is 0. The zero-order valence-electron chi connectivity index (χ0n) is 11.3. The van der Waals surface area contributed by atoms with E-state index in [9.17, 15) is 14.4 Å². The van der Waals surface area contributed by atoms with E-state index in [-0.39, 0.29) is 29.7 Å². The maximum Gasteiger partial charge on any atom is 0.244 e. The molecule has 0 bridgehead atoms. The van der Waals surface area contributed by atoms with Gasteiger partial charge in [-0.05, 0) is 6.92 Å². The van der Waals surface area contributed by atoms with Crippen LogP contribution in [0.4, 0.5) is 0 Å². The topological polar surface area (TPSA) is 78.5 Å². The van der Waals surface area contributed by atoms with Crippen molar-refractivity contribution in [2.45, 2.75) is 39.3 Å². The molecule has 2 atom stereocenters. The highest BCUT2D eigenvalue weighted by atomic mass is 16.2. The first-order chi connectivity index (χ1) is 8.32. The molecule has 0 aromatic rings. The van der Waals surface area contributed by atoms with Crippen LogP contribution >= 0.6 is 0 Å². The van der Waals surface area contributed by atoms with E-state index in [4.69, 9.17) is 0 Å². The van der Waals surface area contributed by atoms with Crippen LogP contribution in [-0.4, -0.2) is 48.3 Å². The van der Waals surface area contributed by atoms with Crippen molar-refractivity contribution >= 4 is 17.7 Å². The van der Waals surface area contributed by atoms with Crippen molar-refractivity contribution in [3.63, 3.8) is 0 Å². The minimum absolute atomic E-state index is 0.0430. The van der Waals surface area contributed by atoms with Gasteiger partial charge in [0.15, 0.2) is 0 Å². The molecule has 2 unspecified atom stereocenters. The van der Waals surface area contributed by atoms with Crippen molar-refractivity contribution in [2.24, 2.45) is 5.92 Å². The van der Waals surface area contributed by atoms with Crippen molar-refractivity contribution in [2.75, 3.05) is 13.6 Å². The molecule has 0 aromatic heterocycles. The van der Waals surface area contributed by atoms with Crippen LogP contribution in [0.2, 0.25) is 0 Å². The second-order valence-electron chi connectivity index (χ2n) is 5.00. The van der Waals surface area contributed by atoms with Gasteiger partial charge in [-0.1, -0.05) is 13.8 Å². The van der Waals surface area contributed by atoms with Crippen LogP contribution < -0.4 is 10.6 Å². The zero-order chi connectivity index (χ0) is 13.9. The lowest BCUT2D eigenvalue weighted by atomic mass is 10.1. The van der Waals surface area contributed by atoms with E-state index in [2.05, 4.69) is 10.6 Å². The highest BCUT2D eigenvalue weighted by molar-refractivity contribution is 5.89. The predicted octanol–water partition coefficient (Wildman–Crippen LogP) is -0.506. The Hall–Kier alpha value is -1.59. The molecule has 1 rings (SSSR count). The summed E-state index contributed by atoms with van der Waals surface area (Å²) in [6, 6.07) is -0.691. The highest BCUT2D eigenvalue weighted by Gasteiger charge is 2.30. The van der Waals surface area contributed by atoms with E-state index in [1.54, 1.807) is 27.8 Å². The molecule has 2 N–H and O–H groups in total. The molecule has 1 heterocycles. The van der Waals surface area contributed by atoms with Gasteiger partial charge in [0.1, 0.15) is 6.04 Å². The van der Waals surface area contributed by atoms with Gasteiger partial charge in [-0.15, -0.1) is 0 Å². The number of nitrogens with zero attached hydrogens (tertiary/aromatic N) is 1. The summed E-state index contributed by atoms with van der Waals surface area (Å²) >= 11 is 0. The monoisotopic (exact) mass is 255 g/mol. The number of hydrogen-bond donors (Lipinski definition) is 2. The molecule has 0 spiro atoms. The molecule has 0 radical (unpaired) electrons. The van der Waals surface area contributed by atoms with Gasteiger partial charge in [-0.3, -0.25) is 14.4 Å². The van der Waals surface area contributed by atoms with Crippen LogP contribution in [0, 0.1) is 5.92 Å². The summed E-state index contributed by atoms with van der Waals surface area (Å²) in [7, 11) is 1.66. The molecular formula is C12H21N3O3. The Morgan fingerprint density at radius 2 is 2.00 bits per heavy atom. The average molecular weight is 255 g/mol. The summed E-state index contributed by atoms with van der Waals surface area (Å²) in [5, 5.41) is 5.34. The summed E-state index contributed by atoms with van der Waals surface area (Å²) in [6.45, 7) is 5.68. The molecule has 1 fully saturated rings. The normalized spacial score (nSPS) is 20.5. The summed E-state index contributed by atoms with van der Waals surface area (Å²) in [4.78, 5) is 36.2. The maximum atomic E-state index is 12.1. The third-order valence-electron chi connectivity index (χ3n) is 3.10. The predicted molar refractivity (Wildman–Crippen MR) is 66.6 cm³/mol.